The Morgan fingerprint density at radius 1 is 1.24 bits per heavy atom. The van der Waals surface area contributed by atoms with Crippen LogP contribution in [0.3, 0.4) is 0 Å². The lowest BCUT2D eigenvalue weighted by Gasteiger charge is -2.20. The van der Waals surface area contributed by atoms with Gasteiger partial charge in [0, 0.05) is 19.5 Å². The number of nitrogens with zero attached hydrogens (tertiary/aromatic N) is 1. The van der Waals surface area contributed by atoms with E-state index in [4.69, 9.17) is 5.73 Å². The first-order valence-electron chi connectivity index (χ1n) is 7.96. The van der Waals surface area contributed by atoms with Crippen LogP contribution >= 0.6 is 0 Å². The van der Waals surface area contributed by atoms with Crippen LogP contribution in [0.15, 0.2) is 18.3 Å². The lowest BCUT2D eigenvalue weighted by molar-refractivity contribution is -0.122. The number of rotatable bonds is 7. The van der Waals surface area contributed by atoms with E-state index in [0.29, 0.717) is 24.6 Å². The average Bonchev–Trinajstić information content (AvgIpc) is 2.50. The second kappa shape index (κ2) is 8.49. The Morgan fingerprint density at radius 2 is 2.05 bits per heavy atom. The molecule has 5 nitrogen and oxygen atoms in total. The zero-order valence-electron chi connectivity index (χ0n) is 12.6. The van der Waals surface area contributed by atoms with E-state index in [1.807, 2.05) is 12.1 Å². The Hall–Kier alpha value is -1.78. The molecule has 2 rings (SSSR count). The van der Waals surface area contributed by atoms with Crippen LogP contribution < -0.4 is 16.4 Å². The maximum absolute atomic E-state index is 11.8. The van der Waals surface area contributed by atoms with E-state index < -0.39 is 0 Å². The minimum Gasteiger partial charge on any atom is -0.397 e. The molecular weight excluding hydrogens is 264 g/mol. The van der Waals surface area contributed by atoms with Crippen LogP contribution in [0.25, 0.3) is 0 Å². The lowest BCUT2D eigenvalue weighted by atomic mass is 9.87. The molecule has 116 valence electrons. The maximum atomic E-state index is 11.8. The van der Waals surface area contributed by atoms with Crippen LogP contribution in [0.4, 0.5) is 11.5 Å². The third kappa shape index (κ3) is 6.02. The summed E-state index contributed by atoms with van der Waals surface area (Å²) in [6, 6.07) is 3.68. The summed E-state index contributed by atoms with van der Waals surface area (Å²) in [5, 5.41) is 6.22. The van der Waals surface area contributed by atoms with E-state index in [2.05, 4.69) is 15.6 Å². The molecule has 4 N–H and O–H groups in total. The summed E-state index contributed by atoms with van der Waals surface area (Å²) < 4.78 is 0. The van der Waals surface area contributed by atoms with Gasteiger partial charge in [0.2, 0.25) is 5.91 Å². The monoisotopic (exact) mass is 290 g/mol. The zero-order chi connectivity index (χ0) is 14.9. The summed E-state index contributed by atoms with van der Waals surface area (Å²) in [7, 11) is 0. The molecule has 0 unspecified atom stereocenters. The van der Waals surface area contributed by atoms with Crippen LogP contribution in [0.2, 0.25) is 0 Å². The van der Waals surface area contributed by atoms with Crippen molar-refractivity contribution in [2.75, 3.05) is 24.1 Å². The third-order valence-electron chi connectivity index (χ3n) is 3.97. The van der Waals surface area contributed by atoms with Gasteiger partial charge in [0.25, 0.3) is 0 Å². The highest BCUT2D eigenvalue weighted by Crippen LogP contribution is 2.25. The van der Waals surface area contributed by atoms with E-state index >= 15 is 0 Å². The molecule has 1 amide bonds. The molecule has 1 heterocycles. The molecule has 0 atom stereocenters. The molecule has 1 fully saturated rings. The number of amides is 1. The van der Waals surface area contributed by atoms with Crippen LogP contribution in [0, 0.1) is 5.92 Å². The molecule has 0 radical (unpaired) electrons. The molecule has 1 aromatic heterocycles. The summed E-state index contributed by atoms with van der Waals surface area (Å²) in [5.41, 5.74) is 6.24. The van der Waals surface area contributed by atoms with Crippen molar-refractivity contribution in [3.8, 4) is 0 Å². The van der Waals surface area contributed by atoms with E-state index in [9.17, 15) is 4.79 Å². The van der Waals surface area contributed by atoms with Gasteiger partial charge in [0.05, 0.1) is 11.9 Å². The molecule has 1 aromatic rings. The van der Waals surface area contributed by atoms with Gasteiger partial charge in [-0.05, 0) is 37.3 Å². The lowest BCUT2D eigenvalue weighted by Crippen LogP contribution is -2.28. The van der Waals surface area contributed by atoms with Crippen molar-refractivity contribution in [3.63, 3.8) is 0 Å². The summed E-state index contributed by atoms with van der Waals surface area (Å²) in [5.74, 6) is 1.63. The number of nitrogens with two attached hydrogens (primary N) is 1. The van der Waals surface area contributed by atoms with Crippen LogP contribution in [-0.2, 0) is 4.79 Å². The highest BCUT2D eigenvalue weighted by Gasteiger charge is 2.16. The van der Waals surface area contributed by atoms with E-state index in [1.54, 1.807) is 6.20 Å². The molecule has 1 aliphatic rings. The van der Waals surface area contributed by atoms with E-state index in [-0.39, 0.29) is 5.91 Å². The maximum Gasteiger partial charge on any atom is 0.220 e. The number of pyridine rings is 1. The molecule has 0 spiro atoms. The molecule has 1 saturated carbocycles. The predicted octanol–water partition coefficient (Wildman–Crippen LogP) is 2.55. The van der Waals surface area contributed by atoms with Crippen LogP contribution in [0.5, 0.6) is 0 Å². The highest BCUT2D eigenvalue weighted by atomic mass is 16.1. The number of nitrogen functional groups attached to an aromatic ring is 1. The van der Waals surface area contributed by atoms with E-state index in [1.165, 1.54) is 32.1 Å². The topological polar surface area (TPSA) is 80.0 Å². The number of carbonyl (C=O) groups is 1. The van der Waals surface area contributed by atoms with Gasteiger partial charge in [-0.3, -0.25) is 4.79 Å². The Bertz CT molecular complexity index is 426. The Balaban J connectivity index is 1.52. The number of anilines is 2. The molecule has 1 aliphatic carbocycles. The molecule has 0 saturated heterocycles. The van der Waals surface area contributed by atoms with Gasteiger partial charge in [0.15, 0.2) is 0 Å². The fourth-order valence-corrected chi connectivity index (χ4v) is 2.77. The average molecular weight is 290 g/mol. The smallest absolute Gasteiger partial charge is 0.220 e. The van der Waals surface area contributed by atoms with Crippen LogP contribution in [-0.4, -0.2) is 24.0 Å². The van der Waals surface area contributed by atoms with Gasteiger partial charge in [-0.25, -0.2) is 4.98 Å². The fourth-order valence-electron chi connectivity index (χ4n) is 2.77. The molecular formula is C16H26N4O. The van der Waals surface area contributed by atoms with Crippen molar-refractivity contribution in [1.82, 2.24) is 10.3 Å². The van der Waals surface area contributed by atoms with Crippen molar-refractivity contribution < 1.29 is 4.79 Å². The Kier molecular flexibility index (Phi) is 6.31. The highest BCUT2D eigenvalue weighted by molar-refractivity contribution is 5.76. The van der Waals surface area contributed by atoms with Crippen molar-refractivity contribution in [1.29, 1.82) is 0 Å². The standard InChI is InChI=1S/C16H26N4O/c17-14-7-8-15(20-12-14)18-9-4-10-19-16(21)11-13-5-2-1-3-6-13/h7-8,12-13H,1-6,9-11,17H2,(H,18,20)(H,19,21). The number of nitrogens with one attached hydrogen (secondary N) is 2. The van der Waals surface area contributed by atoms with Gasteiger partial charge >= 0.3 is 0 Å². The SMILES string of the molecule is Nc1ccc(NCCCNC(=O)CC2CCCCC2)nc1. The zero-order valence-corrected chi connectivity index (χ0v) is 12.6. The van der Waals surface area contributed by atoms with E-state index in [0.717, 1.165) is 18.8 Å². The quantitative estimate of drug-likeness (QED) is 0.674. The molecule has 5 heteroatoms. The van der Waals surface area contributed by atoms with Gasteiger partial charge in [-0.2, -0.15) is 0 Å². The van der Waals surface area contributed by atoms with Crippen molar-refractivity contribution in [2.24, 2.45) is 5.92 Å². The summed E-state index contributed by atoms with van der Waals surface area (Å²) in [4.78, 5) is 16.0. The number of hydrogen-bond donors (Lipinski definition) is 3. The largest absolute Gasteiger partial charge is 0.397 e. The molecule has 0 bridgehead atoms. The van der Waals surface area contributed by atoms with Gasteiger partial charge in [0.1, 0.15) is 5.82 Å². The fraction of sp³-hybridized carbons (Fsp3) is 0.625. The predicted molar refractivity (Wildman–Crippen MR) is 86.0 cm³/mol. The summed E-state index contributed by atoms with van der Waals surface area (Å²) in [6.45, 7) is 1.51. The number of aromatic nitrogens is 1. The molecule has 0 aliphatic heterocycles. The van der Waals surface area contributed by atoms with Crippen molar-refractivity contribution in [2.45, 2.75) is 44.9 Å². The van der Waals surface area contributed by atoms with Gasteiger partial charge in [-0.1, -0.05) is 19.3 Å². The minimum atomic E-state index is 0.201. The Labute approximate surface area is 126 Å². The molecule has 21 heavy (non-hydrogen) atoms. The summed E-state index contributed by atoms with van der Waals surface area (Å²) in [6.07, 6.45) is 9.58. The summed E-state index contributed by atoms with van der Waals surface area (Å²) >= 11 is 0. The first-order chi connectivity index (χ1) is 10.2. The first kappa shape index (κ1) is 15.6. The van der Waals surface area contributed by atoms with Crippen molar-refractivity contribution in [3.05, 3.63) is 18.3 Å². The molecule has 0 aromatic carbocycles. The van der Waals surface area contributed by atoms with Crippen molar-refractivity contribution >= 4 is 17.4 Å². The van der Waals surface area contributed by atoms with Crippen LogP contribution in [0.1, 0.15) is 44.9 Å². The first-order valence-corrected chi connectivity index (χ1v) is 7.96. The normalized spacial score (nSPS) is 15.6. The second-order valence-corrected chi connectivity index (χ2v) is 5.82. The van der Waals surface area contributed by atoms with Gasteiger partial charge in [-0.15, -0.1) is 0 Å². The number of carbonyl (C=O) groups excluding carboxylic acids is 1. The second-order valence-electron chi connectivity index (χ2n) is 5.82. The minimum absolute atomic E-state index is 0.201. The Morgan fingerprint density at radius 3 is 2.76 bits per heavy atom. The van der Waals surface area contributed by atoms with Gasteiger partial charge < -0.3 is 16.4 Å². The number of hydrogen-bond acceptors (Lipinski definition) is 4. The third-order valence-corrected chi connectivity index (χ3v) is 3.97.